The Hall–Kier alpha value is -1.65. The normalized spacial score (nSPS) is 14.8. The number of hydrogen-bond donors (Lipinski definition) is 1. The number of aliphatic imine (C=N–C) groups is 1. The van der Waals surface area contributed by atoms with Crippen LogP contribution in [0.25, 0.3) is 0 Å². The van der Waals surface area contributed by atoms with E-state index in [9.17, 15) is 9.90 Å². The van der Waals surface area contributed by atoms with E-state index < -0.39 is 6.03 Å². The van der Waals surface area contributed by atoms with Crippen LogP contribution in [0.5, 0.6) is 0 Å². The van der Waals surface area contributed by atoms with Crippen LogP contribution in [0.1, 0.15) is 17.0 Å². The lowest BCUT2D eigenvalue weighted by Gasteiger charge is -1.90. The summed E-state index contributed by atoms with van der Waals surface area (Å²) in [6.07, 6.45) is 0. The topological polar surface area (TPSA) is 67.5 Å². The molecule has 0 saturated carbocycles. The van der Waals surface area contributed by atoms with Gasteiger partial charge in [-0.3, -0.25) is 0 Å². The Bertz CT molecular complexity index is 403. The average Bonchev–Trinajstić information content (AvgIpc) is 2.41. The Morgan fingerprint density at radius 3 is 2.67 bits per heavy atom. The van der Waals surface area contributed by atoms with Crippen LogP contribution in [0.4, 0.5) is 4.79 Å². The van der Waals surface area contributed by atoms with Gasteiger partial charge in [0.05, 0.1) is 5.69 Å². The number of rotatable bonds is 0. The standard InChI is InChI=1S/C7H7N3O2/c1-3-4(2)9-10-5(3)6(11)8-7(10)12/h1-2H3,(H,8,11,12). The highest BCUT2D eigenvalue weighted by atomic mass is 16.3. The van der Waals surface area contributed by atoms with Gasteiger partial charge in [0, 0.05) is 5.56 Å². The second-order valence-corrected chi connectivity index (χ2v) is 2.69. The molecule has 0 radical (unpaired) electrons. The predicted molar refractivity (Wildman–Crippen MR) is 41.7 cm³/mol. The zero-order valence-corrected chi connectivity index (χ0v) is 6.70. The number of carbonyl (C=O) groups excluding carboxylic acids is 1. The quantitative estimate of drug-likeness (QED) is 0.617. The Kier molecular flexibility index (Phi) is 1.13. The number of carbonyl (C=O) groups is 1. The van der Waals surface area contributed by atoms with Crippen LogP contribution in [-0.4, -0.2) is 26.8 Å². The summed E-state index contributed by atoms with van der Waals surface area (Å²) in [7, 11) is 0. The lowest BCUT2D eigenvalue weighted by atomic mass is 10.2. The maximum atomic E-state index is 11.0. The number of aliphatic hydroxyl groups is 1. The molecule has 0 bridgehead atoms. The fourth-order valence-corrected chi connectivity index (χ4v) is 1.20. The molecular formula is C7H7N3O2. The van der Waals surface area contributed by atoms with Crippen LogP contribution in [0.15, 0.2) is 4.99 Å². The Morgan fingerprint density at radius 1 is 1.42 bits per heavy atom. The van der Waals surface area contributed by atoms with Gasteiger partial charge >= 0.3 is 6.03 Å². The molecule has 1 aliphatic heterocycles. The van der Waals surface area contributed by atoms with Crippen LogP contribution in [-0.2, 0) is 0 Å². The first-order chi connectivity index (χ1) is 5.61. The molecule has 1 aromatic rings. The summed E-state index contributed by atoms with van der Waals surface area (Å²) in [6.45, 7) is 3.57. The summed E-state index contributed by atoms with van der Waals surface area (Å²) < 4.78 is 1.11. The highest BCUT2D eigenvalue weighted by molar-refractivity contribution is 6.07. The lowest BCUT2D eigenvalue weighted by Crippen LogP contribution is -2.06. The number of hydrogen-bond acceptors (Lipinski definition) is 2. The van der Waals surface area contributed by atoms with Gasteiger partial charge in [0.1, 0.15) is 5.69 Å². The third-order valence-electron chi connectivity index (χ3n) is 1.95. The highest BCUT2D eigenvalue weighted by Gasteiger charge is 2.27. The molecule has 62 valence electrons. The molecule has 0 unspecified atom stereocenters. The van der Waals surface area contributed by atoms with E-state index in [4.69, 9.17) is 0 Å². The van der Waals surface area contributed by atoms with Gasteiger partial charge in [0.25, 0.3) is 0 Å². The second-order valence-electron chi connectivity index (χ2n) is 2.69. The Morgan fingerprint density at radius 2 is 2.08 bits per heavy atom. The van der Waals surface area contributed by atoms with E-state index in [1.165, 1.54) is 0 Å². The summed E-state index contributed by atoms with van der Waals surface area (Å²) >= 11 is 0. The monoisotopic (exact) mass is 165 g/mol. The minimum absolute atomic E-state index is 0.238. The number of amides is 1. The van der Waals surface area contributed by atoms with Gasteiger partial charge in [-0.2, -0.15) is 14.8 Å². The molecule has 5 nitrogen and oxygen atoms in total. The molecule has 2 heterocycles. The van der Waals surface area contributed by atoms with Gasteiger partial charge in [0.15, 0.2) is 0 Å². The predicted octanol–water partition coefficient (Wildman–Crippen LogP) is 0.786. The van der Waals surface area contributed by atoms with Crippen molar-refractivity contribution >= 4 is 11.9 Å². The zero-order valence-electron chi connectivity index (χ0n) is 6.70. The van der Waals surface area contributed by atoms with Gasteiger partial charge in [0.2, 0.25) is 5.90 Å². The number of fused-ring (bicyclic) bond motifs is 1. The first-order valence-electron chi connectivity index (χ1n) is 3.50. The first-order valence-corrected chi connectivity index (χ1v) is 3.50. The number of aromatic nitrogens is 2. The third kappa shape index (κ3) is 0.650. The Balaban J connectivity index is 2.77. The van der Waals surface area contributed by atoms with Crippen molar-refractivity contribution in [3.63, 3.8) is 0 Å². The van der Waals surface area contributed by atoms with Gasteiger partial charge < -0.3 is 5.11 Å². The zero-order chi connectivity index (χ0) is 8.88. The average molecular weight is 165 g/mol. The molecule has 0 atom stereocenters. The second kappa shape index (κ2) is 1.94. The highest BCUT2D eigenvalue weighted by Crippen LogP contribution is 2.17. The summed E-state index contributed by atoms with van der Waals surface area (Å²) in [5.74, 6) is -0.238. The van der Waals surface area contributed by atoms with Crippen molar-refractivity contribution in [1.29, 1.82) is 0 Å². The van der Waals surface area contributed by atoms with Crippen LogP contribution in [0.3, 0.4) is 0 Å². The van der Waals surface area contributed by atoms with Crippen molar-refractivity contribution < 1.29 is 9.90 Å². The summed E-state index contributed by atoms with van der Waals surface area (Å²) in [6, 6.07) is -0.529. The van der Waals surface area contributed by atoms with E-state index in [1.807, 2.05) is 0 Å². The van der Waals surface area contributed by atoms with Gasteiger partial charge in [-0.05, 0) is 13.8 Å². The van der Waals surface area contributed by atoms with E-state index in [0.29, 0.717) is 5.69 Å². The molecular weight excluding hydrogens is 158 g/mol. The van der Waals surface area contributed by atoms with Crippen molar-refractivity contribution in [3.8, 4) is 0 Å². The minimum Gasteiger partial charge on any atom is -0.492 e. The smallest absolute Gasteiger partial charge is 0.372 e. The van der Waals surface area contributed by atoms with Crippen LogP contribution >= 0.6 is 0 Å². The molecule has 0 aliphatic carbocycles. The van der Waals surface area contributed by atoms with Gasteiger partial charge in [-0.25, -0.2) is 4.79 Å². The molecule has 12 heavy (non-hydrogen) atoms. The van der Waals surface area contributed by atoms with Crippen LogP contribution < -0.4 is 0 Å². The van der Waals surface area contributed by atoms with Crippen LogP contribution in [0, 0.1) is 13.8 Å². The number of nitrogens with zero attached hydrogens (tertiary/aromatic N) is 3. The molecule has 0 fully saturated rings. The molecule has 0 aromatic carbocycles. The van der Waals surface area contributed by atoms with Crippen molar-refractivity contribution in [2.75, 3.05) is 0 Å². The summed E-state index contributed by atoms with van der Waals surface area (Å²) in [4.78, 5) is 14.3. The minimum atomic E-state index is -0.529. The van der Waals surface area contributed by atoms with Gasteiger partial charge in [-0.15, -0.1) is 0 Å². The number of aryl methyl sites for hydroxylation is 1. The van der Waals surface area contributed by atoms with E-state index in [1.54, 1.807) is 13.8 Å². The lowest BCUT2D eigenvalue weighted by molar-refractivity contribution is 0.249. The van der Waals surface area contributed by atoms with E-state index in [0.717, 1.165) is 15.9 Å². The maximum absolute atomic E-state index is 11.0. The third-order valence-corrected chi connectivity index (χ3v) is 1.95. The Labute approximate surface area is 68.3 Å². The summed E-state index contributed by atoms with van der Waals surface area (Å²) in [5.41, 5.74) is 1.94. The van der Waals surface area contributed by atoms with Gasteiger partial charge in [-0.1, -0.05) is 0 Å². The molecule has 1 aliphatic rings. The van der Waals surface area contributed by atoms with Crippen molar-refractivity contribution in [2.24, 2.45) is 4.99 Å². The molecule has 2 rings (SSSR count). The molecule has 1 N–H and O–H groups in total. The van der Waals surface area contributed by atoms with Crippen molar-refractivity contribution in [3.05, 3.63) is 17.0 Å². The van der Waals surface area contributed by atoms with E-state index in [-0.39, 0.29) is 5.90 Å². The van der Waals surface area contributed by atoms with E-state index >= 15 is 0 Å². The summed E-state index contributed by atoms with van der Waals surface area (Å²) in [5, 5.41) is 13.1. The maximum Gasteiger partial charge on any atom is 0.372 e. The number of aliphatic hydroxyl groups excluding tert-OH is 1. The fraction of sp³-hybridized carbons (Fsp3) is 0.286. The van der Waals surface area contributed by atoms with Crippen molar-refractivity contribution in [1.82, 2.24) is 9.78 Å². The molecule has 0 spiro atoms. The fourth-order valence-electron chi connectivity index (χ4n) is 1.20. The van der Waals surface area contributed by atoms with Crippen LogP contribution in [0.2, 0.25) is 0 Å². The SMILES string of the molecule is Cc1nn2c(c1C)C(O)=NC2=O. The van der Waals surface area contributed by atoms with Crippen molar-refractivity contribution in [2.45, 2.75) is 13.8 Å². The molecule has 1 aromatic heterocycles. The largest absolute Gasteiger partial charge is 0.492 e. The first kappa shape index (κ1) is 7.02. The molecule has 0 saturated heterocycles. The molecule has 5 heteroatoms. The van der Waals surface area contributed by atoms with E-state index in [2.05, 4.69) is 10.1 Å². The molecule has 1 amide bonds.